The molecule has 0 fully saturated rings. The fraction of sp³-hybridized carbons (Fsp3) is 0. The fourth-order valence-electron chi connectivity index (χ4n) is 0.999. The zero-order valence-corrected chi connectivity index (χ0v) is 9.11. The van der Waals surface area contributed by atoms with E-state index in [1.807, 2.05) is 0 Å². The summed E-state index contributed by atoms with van der Waals surface area (Å²) >= 11 is 3.06. The van der Waals surface area contributed by atoms with Gasteiger partial charge in [-0.25, -0.2) is 9.37 Å². The first kappa shape index (κ1) is 10.0. The summed E-state index contributed by atoms with van der Waals surface area (Å²) in [5.74, 6) is 0.340. The molecule has 15 heavy (non-hydrogen) atoms. The van der Waals surface area contributed by atoms with E-state index < -0.39 is 0 Å². The molecule has 3 nitrogen and oxygen atoms in total. The summed E-state index contributed by atoms with van der Waals surface area (Å²) < 4.78 is 18.8. The molecule has 0 spiro atoms. The van der Waals surface area contributed by atoms with Crippen molar-refractivity contribution in [3.8, 4) is 11.6 Å². The molecule has 1 aromatic carbocycles. The normalized spacial score (nSPS) is 10.0. The van der Waals surface area contributed by atoms with Crippen LogP contribution in [0.5, 0.6) is 11.6 Å². The monoisotopic (exact) mass is 268 g/mol. The highest BCUT2D eigenvalue weighted by Crippen LogP contribution is 2.23. The minimum absolute atomic E-state index is 0.333. The van der Waals surface area contributed by atoms with Crippen molar-refractivity contribution < 1.29 is 9.13 Å². The number of hydrogen-bond donors (Lipinski definition) is 0. The van der Waals surface area contributed by atoms with E-state index in [1.54, 1.807) is 12.1 Å². The number of aromatic nitrogens is 2. The van der Waals surface area contributed by atoms with Crippen molar-refractivity contribution in [2.24, 2.45) is 0 Å². The molecule has 0 amide bonds. The molecule has 1 aromatic heterocycles. The summed E-state index contributed by atoms with van der Waals surface area (Å²) in [4.78, 5) is 7.74. The summed E-state index contributed by atoms with van der Waals surface area (Å²) in [6.45, 7) is 0. The molecule has 2 rings (SSSR count). The molecule has 0 saturated heterocycles. The van der Waals surface area contributed by atoms with E-state index in [-0.39, 0.29) is 5.82 Å². The second-order valence-corrected chi connectivity index (χ2v) is 3.58. The molecule has 0 N–H and O–H groups in total. The molecule has 0 radical (unpaired) electrons. The van der Waals surface area contributed by atoms with Gasteiger partial charge in [0.15, 0.2) is 0 Å². The third kappa shape index (κ3) is 2.50. The Morgan fingerprint density at radius 1 is 1.27 bits per heavy atom. The van der Waals surface area contributed by atoms with Crippen LogP contribution in [-0.4, -0.2) is 9.97 Å². The van der Waals surface area contributed by atoms with Crippen molar-refractivity contribution in [2.75, 3.05) is 0 Å². The zero-order chi connectivity index (χ0) is 10.7. The lowest BCUT2D eigenvalue weighted by atomic mass is 10.3. The number of hydrogen-bond acceptors (Lipinski definition) is 3. The topological polar surface area (TPSA) is 35.0 Å². The van der Waals surface area contributed by atoms with Crippen LogP contribution < -0.4 is 4.74 Å². The van der Waals surface area contributed by atoms with Crippen LogP contribution in [-0.2, 0) is 0 Å². The van der Waals surface area contributed by atoms with Gasteiger partial charge in [0.05, 0.1) is 10.7 Å². The molecule has 76 valence electrons. The Morgan fingerprint density at radius 2 is 2.13 bits per heavy atom. The van der Waals surface area contributed by atoms with Crippen molar-refractivity contribution in [1.82, 2.24) is 9.97 Å². The molecule has 0 atom stereocenters. The minimum Gasteiger partial charge on any atom is -0.437 e. The van der Waals surface area contributed by atoms with Gasteiger partial charge in [-0.1, -0.05) is 0 Å². The van der Waals surface area contributed by atoms with Gasteiger partial charge in [0.1, 0.15) is 11.6 Å². The predicted molar refractivity (Wildman–Crippen MR) is 56.2 cm³/mol. The smallest absolute Gasteiger partial charge is 0.237 e. The quantitative estimate of drug-likeness (QED) is 0.839. The second kappa shape index (κ2) is 4.35. The molecule has 2 aromatic rings. The van der Waals surface area contributed by atoms with Gasteiger partial charge in [-0.05, 0) is 28.1 Å². The highest BCUT2D eigenvalue weighted by atomic mass is 79.9. The molecule has 0 aliphatic heterocycles. The van der Waals surface area contributed by atoms with E-state index in [4.69, 9.17) is 4.74 Å². The molecule has 0 bridgehead atoms. The second-order valence-electron chi connectivity index (χ2n) is 2.72. The third-order valence-corrected chi connectivity index (χ3v) is 2.30. The Hall–Kier alpha value is -1.49. The van der Waals surface area contributed by atoms with Gasteiger partial charge in [0.25, 0.3) is 0 Å². The molecule has 5 heteroatoms. The average molecular weight is 269 g/mol. The van der Waals surface area contributed by atoms with Gasteiger partial charge in [-0.15, -0.1) is 0 Å². The highest BCUT2D eigenvalue weighted by molar-refractivity contribution is 9.10. The largest absolute Gasteiger partial charge is 0.437 e. The number of nitrogens with zero attached hydrogens (tertiary/aromatic N) is 2. The van der Waals surface area contributed by atoms with Gasteiger partial charge in [0.2, 0.25) is 5.88 Å². The van der Waals surface area contributed by atoms with E-state index in [2.05, 4.69) is 25.9 Å². The number of benzene rings is 1. The SMILES string of the molecule is Fc1cc(Oc2cnccn2)ccc1Br. The maximum Gasteiger partial charge on any atom is 0.237 e. The summed E-state index contributed by atoms with van der Waals surface area (Å²) in [5, 5.41) is 0. The maximum absolute atomic E-state index is 13.1. The van der Waals surface area contributed by atoms with E-state index in [9.17, 15) is 4.39 Å². The summed E-state index contributed by atoms with van der Waals surface area (Å²) in [5.41, 5.74) is 0. The fourth-order valence-corrected chi connectivity index (χ4v) is 1.25. The summed E-state index contributed by atoms with van der Waals surface area (Å²) in [7, 11) is 0. The Balaban J connectivity index is 2.22. The standard InChI is InChI=1S/C10H6BrFN2O/c11-8-2-1-7(5-9(8)12)15-10-6-13-3-4-14-10/h1-6H. The Bertz CT molecular complexity index is 464. The average Bonchev–Trinajstić information content (AvgIpc) is 2.25. The molecule has 0 aliphatic carbocycles. The zero-order valence-electron chi connectivity index (χ0n) is 7.52. The lowest BCUT2D eigenvalue weighted by Gasteiger charge is -2.03. The summed E-state index contributed by atoms with van der Waals surface area (Å²) in [6.07, 6.45) is 4.50. The summed E-state index contributed by atoms with van der Waals surface area (Å²) in [6, 6.07) is 4.49. The number of rotatable bonds is 2. The van der Waals surface area contributed by atoms with E-state index in [0.29, 0.717) is 16.1 Å². The van der Waals surface area contributed by atoms with Crippen LogP contribution in [0.3, 0.4) is 0 Å². The molecule has 0 unspecified atom stereocenters. The Morgan fingerprint density at radius 3 is 2.80 bits per heavy atom. The van der Waals surface area contributed by atoms with Crippen LogP contribution in [0, 0.1) is 5.82 Å². The van der Waals surface area contributed by atoms with Crippen LogP contribution in [0.4, 0.5) is 4.39 Å². The van der Waals surface area contributed by atoms with Gasteiger partial charge < -0.3 is 4.74 Å². The van der Waals surface area contributed by atoms with Crippen LogP contribution in [0.1, 0.15) is 0 Å². The van der Waals surface area contributed by atoms with Crippen LogP contribution in [0.15, 0.2) is 41.3 Å². The third-order valence-electron chi connectivity index (χ3n) is 1.65. The van der Waals surface area contributed by atoms with Crippen molar-refractivity contribution in [1.29, 1.82) is 0 Å². The predicted octanol–water partition coefficient (Wildman–Crippen LogP) is 3.17. The first-order valence-electron chi connectivity index (χ1n) is 4.14. The van der Waals surface area contributed by atoms with Crippen LogP contribution >= 0.6 is 15.9 Å². The Kier molecular flexibility index (Phi) is 2.91. The molecular weight excluding hydrogens is 263 g/mol. The van der Waals surface area contributed by atoms with Crippen molar-refractivity contribution in [3.63, 3.8) is 0 Å². The number of ether oxygens (including phenoxy) is 1. The van der Waals surface area contributed by atoms with Crippen molar-refractivity contribution >= 4 is 15.9 Å². The maximum atomic E-state index is 13.1. The molecule has 0 saturated carbocycles. The first-order chi connectivity index (χ1) is 7.25. The lowest BCUT2D eigenvalue weighted by Crippen LogP contribution is -1.89. The molecule has 0 aliphatic rings. The van der Waals surface area contributed by atoms with Crippen molar-refractivity contribution in [3.05, 3.63) is 47.1 Å². The van der Waals surface area contributed by atoms with Crippen LogP contribution in [0.25, 0.3) is 0 Å². The van der Waals surface area contributed by atoms with Gasteiger partial charge in [-0.3, -0.25) is 4.98 Å². The number of halogens is 2. The van der Waals surface area contributed by atoms with E-state index >= 15 is 0 Å². The minimum atomic E-state index is -0.378. The Labute approximate surface area is 94.1 Å². The molecule has 1 heterocycles. The van der Waals surface area contributed by atoms with Gasteiger partial charge in [-0.2, -0.15) is 0 Å². The van der Waals surface area contributed by atoms with Crippen LogP contribution in [0.2, 0.25) is 0 Å². The van der Waals surface area contributed by atoms with Gasteiger partial charge >= 0.3 is 0 Å². The van der Waals surface area contributed by atoms with E-state index in [1.165, 1.54) is 24.7 Å². The van der Waals surface area contributed by atoms with Crippen molar-refractivity contribution in [2.45, 2.75) is 0 Å². The van der Waals surface area contributed by atoms with Gasteiger partial charge in [0, 0.05) is 18.5 Å². The van der Waals surface area contributed by atoms with E-state index in [0.717, 1.165) is 0 Å². The first-order valence-corrected chi connectivity index (χ1v) is 4.94. The highest BCUT2D eigenvalue weighted by Gasteiger charge is 2.02. The lowest BCUT2D eigenvalue weighted by molar-refractivity contribution is 0.455. The molecular formula is C10H6BrFN2O.